The van der Waals surface area contributed by atoms with Crippen molar-refractivity contribution < 1.29 is 47.9 Å². The summed E-state index contributed by atoms with van der Waals surface area (Å²) in [6, 6.07) is 9.53. The summed E-state index contributed by atoms with van der Waals surface area (Å²) in [5.74, 6) is -2.73. The van der Waals surface area contributed by atoms with E-state index < -0.39 is 73.6 Å². The van der Waals surface area contributed by atoms with E-state index in [0.29, 0.717) is 0 Å². The Hall–Kier alpha value is -2.80. The van der Waals surface area contributed by atoms with E-state index in [4.69, 9.17) is 15.4 Å². The van der Waals surface area contributed by atoms with E-state index in [9.17, 15) is 38.2 Å². The summed E-state index contributed by atoms with van der Waals surface area (Å²) in [4.78, 5) is -1.55. The molecule has 0 amide bonds. The van der Waals surface area contributed by atoms with E-state index in [2.05, 4.69) is 5.32 Å². The molecular weight excluding hydrogens is 572 g/mol. The monoisotopic (exact) mass is 594 g/mol. The average Bonchev–Trinajstić information content (AvgIpc) is 2.77. The maximum absolute atomic E-state index is 12.8. The maximum Gasteiger partial charge on any atom is 0.294 e. The zero-order chi connectivity index (χ0) is 27.8. The Labute approximate surface area is 213 Å². The Morgan fingerprint density at radius 2 is 1.38 bits per heavy atom. The smallest absolute Gasteiger partial charge is 0.294 e. The first-order chi connectivity index (χ1) is 16.9. The molecule has 202 valence electrons. The van der Waals surface area contributed by atoms with E-state index in [1.54, 1.807) is 0 Å². The molecule has 3 aromatic carbocycles. The van der Waals surface area contributed by atoms with Crippen LogP contribution in [0.1, 0.15) is 0 Å². The number of hydrogen-bond acceptors (Lipinski definition) is 11. The number of nitrogen functional groups attached to an aromatic ring is 1. The van der Waals surface area contributed by atoms with Crippen molar-refractivity contribution in [2.75, 3.05) is 34.9 Å². The summed E-state index contributed by atoms with van der Waals surface area (Å²) < 4.78 is 115. The number of aliphatic hydroxyl groups excluding tert-OH is 1. The number of nitrogens with one attached hydrogen (secondary N) is 1. The van der Waals surface area contributed by atoms with Gasteiger partial charge in [-0.15, -0.1) is 0 Å². The van der Waals surface area contributed by atoms with E-state index in [-0.39, 0.29) is 32.7 Å². The second kappa shape index (κ2) is 10.2. The van der Waals surface area contributed by atoms with Gasteiger partial charge in [0, 0.05) is 16.8 Å². The molecular formula is C20H22N2O11S4. The topological polar surface area (TPSA) is 235 Å². The quantitative estimate of drug-likeness (QED) is 0.162. The molecule has 0 saturated carbocycles. The molecule has 0 aliphatic carbocycles. The number of anilines is 3. The molecule has 0 fully saturated rings. The van der Waals surface area contributed by atoms with Crippen molar-refractivity contribution in [1.29, 1.82) is 0 Å². The van der Waals surface area contributed by atoms with Crippen LogP contribution in [-0.4, -0.2) is 71.7 Å². The van der Waals surface area contributed by atoms with Crippen LogP contribution in [0.15, 0.2) is 63.2 Å². The Morgan fingerprint density at radius 3 is 1.97 bits per heavy atom. The molecule has 0 aliphatic rings. The SMILES string of the molecule is Nc1ccc(Nc2ccc3cc(S(=O)(=O)O)cc(S(=O)(=O)CCO)c3c2)c(S(=O)(=O)CCS(=O)(=O)O)c1. The lowest BCUT2D eigenvalue weighted by molar-refractivity contribution is 0.319. The van der Waals surface area contributed by atoms with Crippen molar-refractivity contribution >= 4 is 67.7 Å². The predicted molar refractivity (Wildman–Crippen MR) is 136 cm³/mol. The molecule has 0 spiro atoms. The highest BCUT2D eigenvalue weighted by molar-refractivity contribution is 7.93. The summed E-state index contributed by atoms with van der Waals surface area (Å²) in [5.41, 5.74) is 5.86. The van der Waals surface area contributed by atoms with Gasteiger partial charge in [0.15, 0.2) is 19.7 Å². The number of nitrogens with two attached hydrogens (primary N) is 1. The minimum atomic E-state index is -4.77. The molecule has 0 aliphatic heterocycles. The molecule has 0 saturated heterocycles. The van der Waals surface area contributed by atoms with Crippen LogP contribution >= 0.6 is 0 Å². The fourth-order valence-corrected chi connectivity index (χ4v) is 8.00. The molecule has 0 bridgehead atoms. The van der Waals surface area contributed by atoms with Gasteiger partial charge in [0.25, 0.3) is 20.2 Å². The van der Waals surface area contributed by atoms with Gasteiger partial charge in [-0.1, -0.05) is 6.07 Å². The lowest BCUT2D eigenvalue weighted by Gasteiger charge is -2.15. The van der Waals surface area contributed by atoms with Gasteiger partial charge in [-0.05, 0) is 47.9 Å². The highest BCUT2D eigenvalue weighted by Gasteiger charge is 2.24. The number of aliphatic hydroxyl groups is 1. The Morgan fingerprint density at radius 1 is 0.730 bits per heavy atom. The second-order valence-corrected chi connectivity index (χ2v) is 15.0. The van der Waals surface area contributed by atoms with Crippen LogP contribution in [0.5, 0.6) is 0 Å². The maximum atomic E-state index is 12.8. The standard InChI is InChI=1S/C20H22N2O11S4/c21-14-2-4-18(20(10-14)35(26,27)7-8-36(28,29)30)22-15-3-1-13-9-16(37(31,32)33)12-19(17(13)11-15)34(24,25)6-5-23/h1-4,9-12,22-23H,5-8,21H2,(H,28,29,30)(H,31,32,33). The van der Waals surface area contributed by atoms with Gasteiger partial charge in [0.2, 0.25) is 0 Å². The summed E-state index contributed by atoms with van der Waals surface area (Å²) in [5, 5.41) is 12.1. The summed E-state index contributed by atoms with van der Waals surface area (Å²) in [7, 11) is -17.8. The Balaban J connectivity index is 2.17. The Kier molecular flexibility index (Phi) is 7.90. The number of hydrogen-bond donors (Lipinski definition) is 5. The van der Waals surface area contributed by atoms with Crippen LogP contribution in [0.3, 0.4) is 0 Å². The van der Waals surface area contributed by atoms with Crippen molar-refractivity contribution in [2.24, 2.45) is 0 Å². The van der Waals surface area contributed by atoms with Gasteiger partial charge >= 0.3 is 0 Å². The number of fused-ring (bicyclic) bond motifs is 1. The van der Waals surface area contributed by atoms with Crippen LogP contribution in [0.25, 0.3) is 10.8 Å². The minimum absolute atomic E-state index is 0.0112. The van der Waals surface area contributed by atoms with Crippen LogP contribution in [-0.2, 0) is 39.9 Å². The lowest BCUT2D eigenvalue weighted by atomic mass is 10.1. The molecule has 3 aromatic rings. The molecule has 0 heterocycles. The van der Waals surface area contributed by atoms with Crippen LogP contribution in [0.2, 0.25) is 0 Å². The second-order valence-electron chi connectivity index (χ2n) is 7.86. The fourth-order valence-electron chi connectivity index (χ4n) is 3.39. The number of benzene rings is 3. The molecule has 0 radical (unpaired) electrons. The van der Waals surface area contributed by atoms with Crippen LogP contribution in [0.4, 0.5) is 17.1 Å². The molecule has 3 rings (SSSR count). The van der Waals surface area contributed by atoms with Crippen LogP contribution in [0, 0.1) is 0 Å². The third-order valence-corrected chi connectivity index (χ3v) is 10.4. The summed E-state index contributed by atoms with van der Waals surface area (Å²) in [6.45, 7) is -0.756. The van der Waals surface area contributed by atoms with Crippen molar-refractivity contribution in [2.45, 2.75) is 14.7 Å². The van der Waals surface area contributed by atoms with Gasteiger partial charge in [-0.2, -0.15) is 16.8 Å². The van der Waals surface area contributed by atoms with Crippen molar-refractivity contribution in [3.8, 4) is 0 Å². The van der Waals surface area contributed by atoms with Gasteiger partial charge in [0.05, 0.1) is 44.2 Å². The first kappa shape index (κ1) is 28.8. The highest BCUT2D eigenvalue weighted by atomic mass is 32.2. The molecule has 6 N–H and O–H groups in total. The lowest BCUT2D eigenvalue weighted by Crippen LogP contribution is -2.18. The van der Waals surface area contributed by atoms with Gasteiger partial charge in [-0.25, -0.2) is 16.8 Å². The van der Waals surface area contributed by atoms with E-state index >= 15 is 0 Å². The van der Waals surface area contributed by atoms with E-state index in [1.807, 2.05) is 0 Å². The summed E-state index contributed by atoms with van der Waals surface area (Å²) in [6.07, 6.45) is 0. The summed E-state index contributed by atoms with van der Waals surface area (Å²) >= 11 is 0. The van der Waals surface area contributed by atoms with Crippen molar-refractivity contribution in [3.05, 3.63) is 48.5 Å². The van der Waals surface area contributed by atoms with Crippen molar-refractivity contribution in [3.63, 3.8) is 0 Å². The predicted octanol–water partition coefficient (Wildman–Crippen LogP) is 0.840. The van der Waals surface area contributed by atoms with Gasteiger partial charge in [-0.3, -0.25) is 9.11 Å². The normalized spacial score (nSPS) is 13.1. The molecule has 37 heavy (non-hydrogen) atoms. The third-order valence-electron chi connectivity index (χ3n) is 5.11. The molecule has 0 aromatic heterocycles. The molecule has 13 nitrogen and oxygen atoms in total. The van der Waals surface area contributed by atoms with Crippen molar-refractivity contribution in [1.82, 2.24) is 0 Å². The molecule has 17 heteroatoms. The first-order valence-corrected chi connectivity index (χ1v) is 16.5. The van der Waals surface area contributed by atoms with Crippen LogP contribution < -0.4 is 11.1 Å². The fraction of sp³-hybridized carbons (Fsp3) is 0.200. The zero-order valence-electron chi connectivity index (χ0n) is 18.8. The number of sulfone groups is 2. The molecule has 0 unspecified atom stereocenters. The Bertz CT molecular complexity index is 1800. The highest BCUT2D eigenvalue weighted by Crippen LogP contribution is 2.33. The zero-order valence-corrected chi connectivity index (χ0v) is 22.0. The largest absolute Gasteiger partial charge is 0.399 e. The van der Waals surface area contributed by atoms with Gasteiger partial charge in [0.1, 0.15) is 0 Å². The minimum Gasteiger partial charge on any atom is -0.399 e. The van der Waals surface area contributed by atoms with Gasteiger partial charge < -0.3 is 16.2 Å². The van der Waals surface area contributed by atoms with E-state index in [0.717, 1.165) is 18.2 Å². The van der Waals surface area contributed by atoms with E-state index in [1.165, 1.54) is 30.3 Å². The molecule has 0 atom stereocenters. The first-order valence-electron chi connectivity index (χ1n) is 10.2. The third kappa shape index (κ3) is 6.95. The average molecular weight is 595 g/mol. The number of rotatable bonds is 10.